The first-order valence-corrected chi connectivity index (χ1v) is 8.46. The molecule has 0 bridgehead atoms. The zero-order chi connectivity index (χ0) is 16.2. The van der Waals surface area contributed by atoms with E-state index in [9.17, 15) is 0 Å². The fraction of sp³-hybridized carbons (Fsp3) is 0.600. The van der Waals surface area contributed by atoms with Crippen molar-refractivity contribution in [3.05, 3.63) is 35.4 Å². The maximum Gasteiger partial charge on any atom is 0.127 e. The van der Waals surface area contributed by atoms with Gasteiger partial charge in [0.25, 0.3) is 0 Å². The molecule has 2 rings (SSSR count). The molecule has 1 heterocycles. The minimum atomic E-state index is -0.0894. The average molecular weight is 302 g/mol. The van der Waals surface area contributed by atoms with Crippen LogP contribution in [0.25, 0.3) is 0 Å². The van der Waals surface area contributed by atoms with Gasteiger partial charge in [-0.25, -0.2) is 0 Å². The first-order valence-electron chi connectivity index (χ1n) is 8.46. The highest BCUT2D eigenvalue weighted by atomic mass is 16.5. The molecule has 2 nitrogen and oxygen atoms in total. The summed E-state index contributed by atoms with van der Waals surface area (Å²) in [5, 5.41) is 0. The molecule has 22 heavy (non-hydrogen) atoms. The molecule has 1 aliphatic heterocycles. The summed E-state index contributed by atoms with van der Waals surface area (Å²) in [6.45, 7) is 11.6. The summed E-state index contributed by atoms with van der Waals surface area (Å²) < 4.78 is 11.8. The normalized spacial score (nSPS) is 16.5. The van der Waals surface area contributed by atoms with Crippen LogP contribution in [-0.4, -0.2) is 12.2 Å². The molecule has 0 saturated carbocycles. The van der Waals surface area contributed by atoms with Crippen molar-refractivity contribution in [2.45, 2.75) is 65.9 Å². The predicted molar refractivity (Wildman–Crippen MR) is 92.8 cm³/mol. The fourth-order valence-electron chi connectivity index (χ4n) is 2.83. The molecule has 0 amide bonds. The first kappa shape index (κ1) is 16.9. The molecule has 0 aromatic heterocycles. The quantitative estimate of drug-likeness (QED) is 0.615. The van der Waals surface area contributed by atoms with Crippen LogP contribution in [0.4, 0.5) is 0 Å². The van der Waals surface area contributed by atoms with Crippen molar-refractivity contribution in [1.29, 1.82) is 0 Å². The van der Waals surface area contributed by atoms with Crippen LogP contribution in [0.5, 0.6) is 11.5 Å². The molecule has 0 atom stereocenters. The van der Waals surface area contributed by atoms with Crippen LogP contribution in [0, 0.1) is 5.92 Å². The second-order valence-corrected chi connectivity index (χ2v) is 7.46. The Morgan fingerprint density at radius 3 is 2.86 bits per heavy atom. The standard InChI is InChI=1S/C20H30O2/c1-15(2)7-6-8-16(3)11-12-21-18-10-9-17-14-20(4,5)22-19(17)13-18/h9-11,13,15H,6-8,12,14H2,1-5H3. The van der Waals surface area contributed by atoms with Crippen LogP contribution in [0.1, 0.15) is 59.4 Å². The lowest BCUT2D eigenvalue weighted by atomic mass is 10.0. The maximum absolute atomic E-state index is 5.94. The molecular formula is C20H30O2. The minimum Gasteiger partial charge on any atom is -0.489 e. The van der Waals surface area contributed by atoms with E-state index >= 15 is 0 Å². The molecule has 0 radical (unpaired) electrons. The Labute approximate surface area is 135 Å². The molecule has 0 N–H and O–H groups in total. The largest absolute Gasteiger partial charge is 0.489 e. The minimum absolute atomic E-state index is 0.0894. The Kier molecular flexibility index (Phi) is 5.55. The number of ether oxygens (including phenoxy) is 2. The second kappa shape index (κ2) is 7.21. The van der Waals surface area contributed by atoms with Gasteiger partial charge < -0.3 is 9.47 Å². The Balaban J connectivity index is 1.81. The van der Waals surface area contributed by atoms with Crippen molar-refractivity contribution in [3.63, 3.8) is 0 Å². The Morgan fingerprint density at radius 1 is 1.36 bits per heavy atom. The fourth-order valence-corrected chi connectivity index (χ4v) is 2.83. The zero-order valence-corrected chi connectivity index (χ0v) is 14.7. The lowest BCUT2D eigenvalue weighted by molar-refractivity contribution is 0.138. The Bertz CT molecular complexity index is 527. The van der Waals surface area contributed by atoms with Crippen molar-refractivity contribution in [3.8, 4) is 11.5 Å². The van der Waals surface area contributed by atoms with Crippen molar-refractivity contribution < 1.29 is 9.47 Å². The number of fused-ring (bicyclic) bond motifs is 1. The summed E-state index contributed by atoms with van der Waals surface area (Å²) in [4.78, 5) is 0. The number of benzene rings is 1. The summed E-state index contributed by atoms with van der Waals surface area (Å²) >= 11 is 0. The first-order chi connectivity index (χ1) is 10.4. The molecule has 1 aliphatic rings. The van der Waals surface area contributed by atoms with Gasteiger partial charge in [-0.15, -0.1) is 0 Å². The topological polar surface area (TPSA) is 18.5 Å². The van der Waals surface area contributed by atoms with Crippen molar-refractivity contribution >= 4 is 0 Å². The van der Waals surface area contributed by atoms with Gasteiger partial charge in [0.2, 0.25) is 0 Å². The van der Waals surface area contributed by atoms with E-state index in [0.29, 0.717) is 6.61 Å². The molecule has 2 heteroatoms. The molecular weight excluding hydrogens is 272 g/mol. The van der Waals surface area contributed by atoms with Crippen LogP contribution in [0.15, 0.2) is 29.8 Å². The number of rotatable bonds is 7. The smallest absolute Gasteiger partial charge is 0.127 e. The Hall–Kier alpha value is -1.44. The molecule has 0 saturated heterocycles. The van der Waals surface area contributed by atoms with Gasteiger partial charge in [0.1, 0.15) is 23.7 Å². The number of hydrogen-bond donors (Lipinski definition) is 0. The van der Waals surface area contributed by atoms with Gasteiger partial charge in [0.15, 0.2) is 0 Å². The molecule has 0 aliphatic carbocycles. The zero-order valence-electron chi connectivity index (χ0n) is 14.7. The number of allylic oxidation sites excluding steroid dienone is 1. The molecule has 1 aromatic rings. The highest BCUT2D eigenvalue weighted by Crippen LogP contribution is 2.37. The maximum atomic E-state index is 5.94. The summed E-state index contributed by atoms with van der Waals surface area (Å²) in [7, 11) is 0. The van der Waals surface area contributed by atoms with E-state index in [-0.39, 0.29) is 5.60 Å². The van der Waals surface area contributed by atoms with E-state index in [0.717, 1.165) is 23.8 Å². The predicted octanol–water partition coefficient (Wildman–Crippen LogP) is 5.55. The van der Waals surface area contributed by atoms with Crippen LogP contribution in [0.3, 0.4) is 0 Å². The third-order valence-electron chi connectivity index (χ3n) is 4.08. The van der Waals surface area contributed by atoms with E-state index in [1.54, 1.807) is 0 Å². The van der Waals surface area contributed by atoms with Gasteiger partial charge in [0.05, 0.1) is 0 Å². The van der Waals surface area contributed by atoms with Gasteiger partial charge in [-0.2, -0.15) is 0 Å². The van der Waals surface area contributed by atoms with E-state index in [4.69, 9.17) is 9.47 Å². The van der Waals surface area contributed by atoms with Crippen molar-refractivity contribution in [2.75, 3.05) is 6.61 Å². The summed E-state index contributed by atoms with van der Waals surface area (Å²) in [6.07, 6.45) is 6.89. The molecule has 1 aromatic carbocycles. The third kappa shape index (κ3) is 5.08. The van der Waals surface area contributed by atoms with Gasteiger partial charge in [0, 0.05) is 12.5 Å². The monoisotopic (exact) mass is 302 g/mol. The van der Waals surface area contributed by atoms with Crippen molar-refractivity contribution in [2.24, 2.45) is 5.92 Å². The van der Waals surface area contributed by atoms with Crippen molar-refractivity contribution in [1.82, 2.24) is 0 Å². The van der Waals surface area contributed by atoms with E-state index in [1.165, 1.54) is 30.4 Å². The summed E-state index contributed by atoms with van der Waals surface area (Å²) in [5.74, 6) is 2.66. The highest BCUT2D eigenvalue weighted by molar-refractivity contribution is 5.44. The van der Waals surface area contributed by atoms with Crippen LogP contribution < -0.4 is 9.47 Å². The highest BCUT2D eigenvalue weighted by Gasteiger charge is 2.29. The lowest BCUT2D eigenvalue weighted by Gasteiger charge is -2.16. The lowest BCUT2D eigenvalue weighted by Crippen LogP contribution is -2.24. The van der Waals surface area contributed by atoms with Gasteiger partial charge in [-0.1, -0.05) is 31.9 Å². The Morgan fingerprint density at radius 2 is 2.14 bits per heavy atom. The summed E-state index contributed by atoms with van der Waals surface area (Å²) in [6, 6.07) is 6.19. The second-order valence-electron chi connectivity index (χ2n) is 7.46. The van der Waals surface area contributed by atoms with E-state index < -0.39 is 0 Å². The summed E-state index contributed by atoms with van der Waals surface area (Å²) in [5.41, 5.74) is 2.60. The van der Waals surface area contributed by atoms with Crippen LogP contribution in [0.2, 0.25) is 0 Å². The van der Waals surface area contributed by atoms with Gasteiger partial charge >= 0.3 is 0 Å². The van der Waals surface area contributed by atoms with Crippen LogP contribution in [-0.2, 0) is 6.42 Å². The molecule has 122 valence electrons. The van der Waals surface area contributed by atoms with E-state index in [2.05, 4.69) is 46.8 Å². The SMILES string of the molecule is CC(=CCOc1ccc2c(c1)OC(C)(C)C2)CCCC(C)C. The van der Waals surface area contributed by atoms with Crippen LogP contribution >= 0.6 is 0 Å². The molecule has 0 fully saturated rings. The number of hydrogen-bond acceptors (Lipinski definition) is 2. The van der Waals surface area contributed by atoms with E-state index in [1.807, 2.05) is 12.1 Å². The molecule has 0 spiro atoms. The third-order valence-corrected chi connectivity index (χ3v) is 4.08. The van der Waals surface area contributed by atoms with Gasteiger partial charge in [-0.3, -0.25) is 0 Å². The molecule has 0 unspecified atom stereocenters. The average Bonchev–Trinajstić information content (AvgIpc) is 2.71. The van der Waals surface area contributed by atoms with Gasteiger partial charge in [-0.05, 0) is 57.2 Å².